The maximum Gasteiger partial charge on any atom is 0.284 e. The number of morpholine rings is 1. The molecule has 1 amide bonds. The molecule has 1 aliphatic carbocycles. The molecule has 200 valence electrons. The lowest BCUT2D eigenvalue weighted by atomic mass is 9.96. The van der Waals surface area contributed by atoms with Crippen molar-refractivity contribution in [2.24, 2.45) is 0 Å². The van der Waals surface area contributed by atoms with E-state index in [4.69, 9.17) is 4.74 Å². The van der Waals surface area contributed by atoms with Crippen molar-refractivity contribution < 1.29 is 22.5 Å². The number of fused-ring (bicyclic) bond motifs is 3. The maximum atomic E-state index is 13.7. The van der Waals surface area contributed by atoms with E-state index in [-0.39, 0.29) is 29.4 Å². The van der Waals surface area contributed by atoms with Gasteiger partial charge in [-0.2, -0.15) is 10.2 Å². The Morgan fingerprint density at radius 1 is 1.27 bits per heavy atom. The highest BCUT2D eigenvalue weighted by atomic mass is 32.2. The summed E-state index contributed by atoms with van der Waals surface area (Å²) in [6.07, 6.45) is 10.0. The number of hydrogen-bond donors (Lipinski definition) is 1. The Balaban J connectivity index is 0.000000655. The number of carbonyl (C=O) groups excluding carboxylic acids is 1. The summed E-state index contributed by atoms with van der Waals surface area (Å²) < 4.78 is 40.6. The second kappa shape index (κ2) is 11.3. The van der Waals surface area contributed by atoms with Crippen LogP contribution < -0.4 is 10.2 Å². The van der Waals surface area contributed by atoms with Crippen molar-refractivity contribution in [1.82, 2.24) is 24.4 Å². The number of hydrogen-bond acceptors (Lipinski definition) is 8. The van der Waals surface area contributed by atoms with E-state index in [1.165, 1.54) is 29.0 Å². The van der Waals surface area contributed by atoms with Crippen LogP contribution in [0.3, 0.4) is 0 Å². The van der Waals surface area contributed by atoms with Crippen LogP contribution in [-0.2, 0) is 8.92 Å². The summed E-state index contributed by atoms with van der Waals surface area (Å²) in [7, 11) is 1.64. The quantitative estimate of drug-likeness (QED) is 0.461. The van der Waals surface area contributed by atoms with Gasteiger partial charge >= 0.3 is 0 Å². The summed E-state index contributed by atoms with van der Waals surface area (Å²) in [5, 5.41) is 11.0. The zero-order chi connectivity index (χ0) is 25.9. The van der Waals surface area contributed by atoms with E-state index in [1.54, 1.807) is 18.0 Å². The van der Waals surface area contributed by atoms with Crippen molar-refractivity contribution in [3.63, 3.8) is 0 Å². The summed E-state index contributed by atoms with van der Waals surface area (Å²) in [5.74, 6) is 0.220. The lowest BCUT2D eigenvalue weighted by Gasteiger charge is -2.27. The number of rotatable bonds is 6. The highest BCUT2D eigenvalue weighted by molar-refractivity contribution is 7.93. The zero-order valence-electron chi connectivity index (χ0n) is 20.8. The van der Waals surface area contributed by atoms with E-state index in [1.807, 2.05) is 12.3 Å². The maximum absolute atomic E-state index is 13.7. The molecule has 2 aliphatic heterocycles. The Hall–Kier alpha value is -2.77. The number of amides is 1. The van der Waals surface area contributed by atoms with Crippen molar-refractivity contribution in [2.45, 2.75) is 63.1 Å². The number of halogens is 2. The van der Waals surface area contributed by atoms with Crippen molar-refractivity contribution in [1.29, 1.82) is 0 Å². The molecule has 10 nitrogen and oxygen atoms in total. The topological polar surface area (TPSA) is 98.8 Å². The first-order valence-electron chi connectivity index (χ1n) is 12.5. The Morgan fingerprint density at radius 3 is 2.70 bits per heavy atom. The number of alkyl halides is 2. The first-order valence-corrected chi connectivity index (χ1v) is 13.6. The molecule has 3 aliphatic rings. The molecule has 2 atom stereocenters. The number of aromatic nitrogens is 5. The minimum atomic E-state index is -2.79. The van der Waals surface area contributed by atoms with E-state index in [0.29, 0.717) is 12.3 Å². The van der Waals surface area contributed by atoms with Gasteiger partial charge < -0.3 is 19.1 Å². The third-order valence-electron chi connectivity index (χ3n) is 7.12. The summed E-state index contributed by atoms with van der Waals surface area (Å²) in [6, 6.07) is 2.23. The number of nitrogens with one attached hydrogen (secondary N) is 1. The van der Waals surface area contributed by atoms with Gasteiger partial charge in [0, 0.05) is 25.2 Å². The van der Waals surface area contributed by atoms with Gasteiger partial charge in [-0.1, -0.05) is 19.3 Å². The molecule has 3 aromatic rings. The van der Waals surface area contributed by atoms with Crippen molar-refractivity contribution in [3.8, 4) is 0 Å². The minimum Gasteiger partial charge on any atom is -0.374 e. The minimum absolute atomic E-state index is 0.0325. The Morgan fingerprint density at radius 2 is 2.05 bits per heavy atom. The molecule has 6 rings (SSSR count). The lowest BCUT2D eigenvalue weighted by Crippen LogP contribution is -2.37. The van der Waals surface area contributed by atoms with Gasteiger partial charge in [0.15, 0.2) is 11.3 Å². The molecule has 2 bridgehead atoms. The van der Waals surface area contributed by atoms with Crippen LogP contribution in [0.4, 0.5) is 20.3 Å². The fourth-order valence-corrected chi connectivity index (χ4v) is 5.25. The van der Waals surface area contributed by atoms with Gasteiger partial charge in [-0.05, 0) is 37.4 Å². The van der Waals surface area contributed by atoms with Crippen LogP contribution in [0.5, 0.6) is 0 Å². The van der Waals surface area contributed by atoms with Crippen LogP contribution in [0.25, 0.3) is 5.65 Å². The molecule has 0 radical (unpaired) electrons. The number of anilines is 2. The third-order valence-corrected chi connectivity index (χ3v) is 7.46. The van der Waals surface area contributed by atoms with E-state index in [0.717, 1.165) is 50.9 Å². The molecule has 3 aromatic heterocycles. The molecule has 0 spiro atoms. The van der Waals surface area contributed by atoms with Crippen LogP contribution in [0.2, 0.25) is 0 Å². The predicted molar refractivity (Wildman–Crippen MR) is 136 cm³/mol. The number of carbonyl (C=O) groups is 1. The average molecular weight is 536 g/mol. The molecule has 1 unspecified atom stereocenters. The Bertz CT molecular complexity index is 1230. The van der Waals surface area contributed by atoms with Crippen LogP contribution >= 0.6 is 12.0 Å². The van der Waals surface area contributed by atoms with Crippen molar-refractivity contribution >= 4 is 35.1 Å². The number of nitrogens with zero attached hydrogens (tertiary/aromatic N) is 6. The molecule has 5 heterocycles. The average Bonchev–Trinajstić information content (AvgIpc) is 3.72. The fourth-order valence-electron chi connectivity index (χ4n) is 5.25. The van der Waals surface area contributed by atoms with E-state index in [2.05, 4.69) is 29.6 Å². The van der Waals surface area contributed by atoms with Crippen LogP contribution in [0, 0.1) is 0 Å². The van der Waals surface area contributed by atoms with Gasteiger partial charge in [0.1, 0.15) is 11.4 Å². The molecule has 3 fully saturated rings. The SMILES string of the molecule is COSC.O=C(Nc1cn(C2CCCCC2)nc1C(F)F)c1cnn2ccc(N3CC4C[C@@H]3CO4)nc12. The van der Waals surface area contributed by atoms with Gasteiger partial charge in [0.2, 0.25) is 0 Å². The first kappa shape index (κ1) is 25.9. The van der Waals surface area contributed by atoms with Gasteiger partial charge in [-0.25, -0.2) is 18.3 Å². The molecule has 13 heteroatoms. The molecule has 1 saturated carbocycles. The van der Waals surface area contributed by atoms with E-state index >= 15 is 0 Å². The molecular weight excluding hydrogens is 504 g/mol. The molecular formula is C24H31F2N7O3S. The summed E-state index contributed by atoms with van der Waals surface area (Å²) in [4.78, 5) is 20.0. The fraction of sp³-hybridized carbons (Fsp3) is 0.583. The number of ether oxygens (including phenoxy) is 1. The monoisotopic (exact) mass is 535 g/mol. The normalized spacial score (nSPS) is 21.5. The van der Waals surface area contributed by atoms with Crippen LogP contribution in [0.15, 0.2) is 24.7 Å². The van der Waals surface area contributed by atoms with Gasteiger partial charge in [-0.15, -0.1) is 0 Å². The van der Waals surface area contributed by atoms with Gasteiger partial charge in [-0.3, -0.25) is 9.48 Å². The molecule has 0 aromatic carbocycles. The molecule has 1 N–H and O–H groups in total. The smallest absolute Gasteiger partial charge is 0.284 e. The first-order chi connectivity index (χ1) is 18.0. The Labute approximate surface area is 217 Å². The highest BCUT2D eigenvalue weighted by Crippen LogP contribution is 2.34. The van der Waals surface area contributed by atoms with Gasteiger partial charge in [0.05, 0.1) is 43.8 Å². The summed E-state index contributed by atoms with van der Waals surface area (Å²) in [6.45, 7) is 1.44. The zero-order valence-corrected chi connectivity index (χ0v) is 21.7. The van der Waals surface area contributed by atoms with Crippen LogP contribution in [0.1, 0.15) is 67.0 Å². The second-order valence-electron chi connectivity index (χ2n) is 9.40. The van der Waals surface area contributed by atoms with Gasteiger partial charge in [0.25, 0.3) is 12.3 Å². The van der Waals surface area contributed by atoms with Crippen LogP contribution in [-0.4, -0.2) is 68.9 Å². The largest absolute Gasteiger partial charge is 0.374 e. The van der Waals surface area contributed by atoms with E-state index in [9.17, 15) is 13.6 Å². The van der Waals surface area contributed by atoms with Crippen molar-refractivity contribution in [2.75, 3.05) is 36.7 Å². The van der Waals surface area contributed by atoms with Crippen molar-refractivity contribution in [3.05, 3.63) is 35.9 Å². The predicted octanol–water partition coefficient (Wildman–Crippen LogP) is 4.51. The lowest BCUT2D eigenvalue weighted by molar-refractivity contribution is 0.0988. The molecule has 37 heavy (non-hydrogen) atoms. The standard InChI is InChI=1S/C22H25F2N7O2.C2H6OS/c23-20(24)19-17(11-31(28-19)13-4-2-1-3-5-13)26-22(32)16-9-25-30-7-6-18(27-21(16)30)29-10-15-8-14(29)12-33-15;1-3-4-2/h6-7,9,11,13-15,20H,1-5,8,10,12H2,(H,26,32);1-2H3/t14-,15?;/m1./s1. The molecule has 2 saturated heterocycles. The van der Waals surface area contributed by atoms with E-state index < -0.39 is 18.0 Å². The second-order valence-corrected chi connectivity index (χ2v) is 10.1. The highest BCUT2D eigenvalue weighted by Gasteiger charge is 2.39. The summed E-state index contributed by atoms with van der Waals surface area (Å²) in [5.41, 5.74) is 0.229. The third kappa shape index (κ3) is 5.43. The summed E-state index contributed by atoms with van der Waals surface area (Å²) >= 11 is 1.36. The Kier molecular flexibility index (Phi) is 7.91.